The van der Waals surface area contributed by atoms with E-state index in [1.54, 1.807) is 0 Å². The molecule has 0 saturated heterocycles. The number of hydrogen-bond acceptors (Lipinski definition) is 2. The van der Waals surface area contributed by atoms with Crippen LogP contribution >= 0.6 is 35.6 Å². The van der Waals surface area contributed by atoms with Gasteiger partial charge < -0.3 is 15.4 Å². The number of halogens is 2. The molecule has 4 nitrogen and oxygen atoms in total. The number of nitrogens with zero attached hydrogens (tertiary/aromatic N) is 2. The van der Waals surface area contributed by atoms with E-state index in [4.69, 9.17) is 22.1 Å². The molecule has 0 unspecified atom stereocenters. The Kier molecular flexibility index (Phi) is 10.6. The molecular formula is C15H25ClIN3O. The summed E-state index contributed by atoms with van der Waals surface area (Å²) in [6, 6.07) is 5.66. The van der Waals surface area contributed by atoms with Crippen molar-refractivity contribution in [2.75, 3.05) is 26.2 Å². The Morgan fingerprint density at radius 2 is 1.95 bits per heavy atom. The predicted molar refractivity (Wildman–Crippen MR) is 101 cm³/mol. The first kappa shape index (κ1) is 20.3. The van der Waals surface area contributed by atoms with Gasteiger partial charge in [0.2, 0.25) is 0 Å². The zero-order chi connectivity index (χ0) is 15.0. The number of rotatable bonds is 7. The standard InChI is InChI=1S/C15H24ClN3O.HI/c1-4-19(5-2)15(17)18-10-9-12-11-13(16)7-8-14(12)20-6-3;/h7-8,11H,4-6,9-10H2,1-3H3,(H2,17,18);1H. The second-order valence-electron chi connectivity index (χ2n) is 4.35. The molecule has 0 atom stereocenters. The first-order valence-electron chi connectivity index (χ1n) is 7.08. The van der Waals surface area contributed by atoms with Gasteiger partial charge in [-0.3, -0.25) is 4.99 Å². The van der Waals surface area contributed by atoms with Crippen LogP contribution in [0.15, 0.2) is 23.2 Å². The van der Waals surface area contributed by atoms with Crippen LogP contribution in [0.4, 0.5) is 0 Å². The molecule has 0 aromatic heterocycles. The maximum absolute atomic E-state index is 6.03. The zero-order valence-corrected chi connectivity index (χ0v) is 16.0. The van der Waals surface area contributed by atoms with Gasteiger partial charge in [0.25, 0.3) is 0 Å². The highest BCUT2D eigenvalue weighted by Crippen LogP contribution is 2.23. The van der Waals surface area contributed by atoms with Gasteiger partial charge in [-0.25, -0.2) is 0 Å². The van der Waals surface area contributed by atoms with Crippen LogP contribution in [0.3, 0.4) is 0 Å². The Labute approximate surface area is 149 Å². The summed E-state index contributed by atoms with van der Waals surface area (Å²) in [6.07, 6.45) is 0.762. The summed E-state index contributed by atoms with van der Waals surface area (Å²) in [5, 5.41) is 0.712. The number of guanidine groups is 1. The van der Waals surface area contributed by atoms with Crippen LogP contribution < -0.4 is 10.5 Å². The molecule has 0 spiro atoms. The van der Waals surface area contributed by atoms with E-state index in [-0.39, 0.29) is 24.0 Å². The summed E-state index contributed by atoms with van der Waals surface area (Å²) < 4.78 is 5.59. The van der Waals surface area contributed by atoms with E-state index in [0.29, 0.717) is 24.1 Å². The van der Waals surface area contributed by atoms with Gasteiger partial charge in [0, 0.05) is 24.7 Å². The van der Waals surface area contributed by atoms with Crippen molar-refractivity contribution in [3.8, 4) is 5.75 Å². The lowest BCUT2D eigenvalue weighted by atomic mass is 10.1. The second-order valence-corrected chi connectivity index (χ2v) is 4.78. The van der Waals surface area contributed by atoms with Crippen LogP contribution in [-0.2, 0) is 6.42 Å². The van der Waals surface area contributed by atoms with Crippen LogP contribution in [0.5, 0.6) is 5.75 Å². The van der Waals surface area contributed by atoms with Crippen molar-refractivity contribution in [2.45, 2.75) is 27.2 Å². The Balaban J connectivity index is 0.00000400. The van der Waals surface area contributed by atoms with Crippen LogP contribution in [0, 0.1) is 0 Å². The Morgan fingerprint density at radius 1 is 1.29 bits per heavy atom. The van der Waals surface area contributed by atoms with E-state index in [2.05, 4.69) is 18.8 Å². The van der Waals surface area contributed by atoms with Gasteiger partial charge in [-0.15, -0.1) is 24.0 Å². The molecule has 1 rings (SSSR count). The maximum Gasteiger partial charge on any atom is 0.191 e. The second kappa shape index (κ2) is 11.0. The van der Waals surface area contributed by atoms with Crippen LogP contribution in [0.25, 0.3) is 0 Å². The fraction of sp³-hybridized carbons (Fsp3) is 0.533. The number of ether oxygens (including phenoxy) is 1. The molecular weight excluding hydrogens is 401 g/mol. The van der Waals surface area contributed by atoms with Crippen molar-refractivity contribution in [1.82, 2.24) is 4.90 Å². The molecule has 0 aliphatic carbocycles. The van der Waals surface area contributed by atoms with Crippen molar-refractivity contribution in [3.05, 3.63) is 28.8 Å². The smallest absolute Gasteiger partial charge is 0.191 e. The Morgan fingerprint density at radius 3 is 2.52 bits per heavy atom. The van der Waals surface area contributed by atoms with Crippen molar-refractivity contribution >= 4 is 41.5 Å². The molecule has 0 radical (unpaired) electrons. The minimum Gasteiger partial charge on any atom is -0.494 e. The van der Waals surface area contributed by atoms with Gasteiger partial charge in [-0.05, 0) is 51.0 Å². The van der Waals surface area contributed by atoms with Crippen molar-refractivity contribution < 1.29 is 4.74 Å². The molecule has 21 heavy (non-hydrogen) atoms. The normalized spacial score (nSPS) is 11.0. The van der Waals surface area contributed by atoms with E-state index in [9.17, 15) is 0 Å². The number of aliphatic imine (C=N–C) groups is 1. The fourth-order valence-corrected chi connectivity index (χ4v) is 2.17. The third-order valence-electron chi connectivity index (χ3n) is 3.06. The molecule has 0 fully saturated rings. The van der Waals surface area contributed by atoms with Gasteiger partial charge in [-0.1, -0.05) is 11.6 Å². The summed E-state index contributed by atoms with van der Waals surface area (Å²) in [6.45, 7) is 9.10. The molecule has 6 heteroatoms. The average molecular weight is 426 g/mol. The molecule has 120 valence electrons. The van der Waals surface area contributed by atoms with Crippen molar-refractivity contribution in [2.24, 2.45) is 10.7 Å². The minimum absolute atomic E-state index is 0. The summed E-state index contributed by atoms with van der Waals surface area (Å²) in [4.78, 5) is 6.44. The van der Waals surface area contributed by atoms with E-state index >= 15 is 0 Å². The molecule has 1 aromatic rings. The molecule has 0 saturated carbocycles. The largest absolute Gasteiger partial charge is 0.494 e. The zero-order valence-electron chi connectivity index (χ0n) is 12.9. The highest BCUT2D eigenvalue weighted by molar-refractivity contribution is 14.0. The maximum atomic E-state index is 6.03. The lowest BCUT2D eigenvalue weighted by molar-refractivity contribution is 0.336. The van der Waals surface area contributed by atoms with Crippen LogP contribution in [-0.4, -0.2) is 37.1 Å². The summed E-state index contributed by atoms with van der Waals surface area (Å²) in [5.74, 6) is 1.46. The third-order valence-corrected chi connectivity index (χ3v) is 3.30. The first-order valence-corrected chi connectivity index (χ1v) is 7.46. The van der Waals surface area contributed by atoms with Gasteiger partial charge >= 0.3 is 0 Å². The molecule has 0 aliphatic rings. The number of benzene rings is 1. The third kappa shape index (κ3) is 6.74. The first-order chi connectivity index (χ1) is 9.62. The van der Waals surface area contributed by atoms with Gasteiger partial charge in [0.05, 0.1) is 6.61 Å². The summed E-state index contributed by atoms with van der Waals surface area (Å²) >= 11 is 6.03. The van der Waals surface area contributed by atoms with Gasteiger partial charge in [0.1, 0.15) is 5.75 Å². The fourth-order valence-electron chi connectivity index (χ4n) is 1.98. The van der Waals surface area contributed by atoms with Crippen LogP contribution in [0.2, 0.25) is 5.02 Å². The lowest BCUT2D eigenvalue weighted by Crippen LogP contribution is -2.37. The molecule has 0 bridgehead atoms. The van der Waals surface area contributed by atoms with E-state index in [1.165, 1.54) is 0 Å². The topological polar surface area (TPSA) is 50.9 Å². The molecule has 2 N–H and O–H groups in total. The van der Waals surface area contributed by atoms with E-state index in [0.717, 1.165) is 30.8 Å². The van der Waals surface area contributed by atoms with Crippen LogP contribution in [0.1, 0.15) is 26.3 Å². The summed E-state index contributed by atoms with van der Waals surface area (Å²) in [5.41, 5.74) is 7.01. The van der Waals surface area contributed by atoms with Gasteiger partial charge in [0.15, 0.2) is 5.96 Å². The number of hydrogen-bond donors (Lipinski definition) is 1. The highest BCUT2D eigenvalue weighted by Gasteiger charge is 2.05. The lowest BCUT2D eigenvalue weighted by Gasteiger charge is -2.19. The van der Waals surface area contributed by atoms with E-state index in [1.807, 2.05) is 30.0 Å². The molecule has 0 heterocycles. The number of nitrogens with two attached hydrogens (primary N) is 1. The monoisotopic (exact) mass is 425 g/mol. The quantitative estimate of drug-likeness (QED) is 0.413. The minimum atomic E-state index is 0. The Hall–Kier alpha value is -0.690. The van der Waals surface area contributed by atoms with E-state index < -0.39 is 0 Å². The summed E-state index contributed by atoms with van der Waals surface area (Å²) in [7, 11) is 0. The molecule has 1 aromatic carbocycles. The average Bonchev–Trinajstić information content (AvgIpc) is 2.43. The molecule has 0 amide bonds. The van der Waals surface area contributed by atoms with Crippen molar-refractivity contribution in [3.63, 3.8) is 0 Å². The highest BCUT2D eigenvalue weighted by atomic mass is 127. The predicted octanol–water partition coefficient (Wildman–Crippen LogP) is 3.56. The molecule has 0 aliphatic heterocycles. The van der Waals surface area contributed by atoms with Gasteiger partial charge in [-0.2, -0.15) is 0 Å². The SMILES string of the molecule is CCOc1ccc(Cl)cc1CCN=C(N)N(CC)CC.I. The van der Waals surface area contributed by atoms with Crippen molar-refractivity contribution in [1.29, 1.82) is 0 Å². The Bertz CT molecular complexity index is 451.